The molecule has 192 valence electrons. The third-order valence-electron chi connectivity index (χ3n) is 5.39. The quantitative estimate of drug-likeness (QED) is 0.159. The summed E-state index contributed by atoms with van der Waals surface area (Å²) in [5.74, 6) is 0. The smallest absolute Gasteiger partial charge is 0.101 e. The number of hydrogen-bond acceptors (Lipinski definition) is 4. The van der Waals surface area contributed by atoms with Gasteiger partial charge in [-0.1, -0.05) is 72.2 Å². The van der Waals surface area contributed by atoms with Gasteiger partial charge in [0, 0.05) is 0 Å². The standard InChI is InChI=1S/2C12H16NOSi.C3H2O2.2Rf/c2*1-5-15(3,4)12-8-6-7-11(9-12)13(2)10-14;4-2-1-3-5;;/h2*5-9H,1H2,2-4H3;1H2;;/q2*-1;-2;;. The van der Waals surface area contributed by atoms with Gasteiger partial charge in [0.15, 0.2) is 0 Å². The van der Waals surface area contributed by atoms with Crippen LogP contribution in [0.2, 0.25) is 26.2 Å². The van der Waals surface area contributed by atoms with E-state index in [-0.39, 0.29) is 6.42 Å². The molecule has 0 radical (unpaired) electrons. The first-order valence-corrected chi connectivity index (χ1v) is 17.0. The summed E-state index contributed by atoms with van der Waals surface area (Å²) in [5.41, 5.74) is 5.84. The van der Waals surface area contributed by atoms with Crippen molar-refractivity contribution < 1.29 is 19.2 Å². The van der Waals surface area contributed by atoms with Gasteiger partial charge < -0.3 is 29.0 Å². The Labute approximate surface area is 212 Å². The fraction of sp³-hybridized carbons (Fsp3) is 0.259. The minimum Gasteiger partial charge on any atom is -0.544 e. The van der Waals surface area contributed by atoms with Crippen molar-refractivity contribution in [2.75, 3.05) is 23.9 Å². The van der Waals surface area contributed by atoms with Crippen molar-refractivity contribution in [2.45, 2.75) is 32.6 Å². The van der Waals surface area contributed by atoms with E-state index >= 15 is 0 Å². The summed E-state index contributed by atoms with van der Waals surface area (Å²) < 4.78 is 0. The number of anilines is 2. The van der Waals surface area contributed by atoms with Gasteiger partial charge in [-0.3, -0.25) is 19.0 Å². The number of rotatable bonds is 10. The van der Waals surface area contributed by atoms with E-state index in [0.717, 1.165) is 11.4 Å². The molecule has 0 fully saturated rings. The topological polar surface area (TPSA) is 74.8 Å². The molecule has 0 N–H and O–H groups in total. The van der Waals surface area contributed by atoms with Gasteiger partial charge in [-0.15, -0.1) is 48.8 Å². The summed E-state index contributed by atoms with van der Waals surface area (Å²) in [6, 6.07) is 16.0. The normalized spacial score (nSPS) is 9.68. The number of carbonyl (C=O) groups excluding carboxylic acids is 4. The number of amides is 2. The molecule has 0 aliphatic heterocycles. The van der Waals surface area contributed by atoms with Crippen LogP contribution in [0.15, 0.2) is 73.1 Å². The molecule has 0 saturated carbocycles. The van der Waals surface area contributed by atoms with Crippen LogP contribution in [-0.2, 0) is 19.2 Å². The summed E-state index contributed by atoms with van der Waals surface area (Å²) in [4.78, 5) is 42.0. The van der Waals surface area contributed by atoms with Gasteiger partial charge in [-0.25, -0.2) is 0 Å². The molecule has 0 bridgehead atoms. The Morgan fingerprint density at radius 1 is 0.703 bits per heavy atom. The SMILES string of the molecule is C=C[Si](C)(C)c1cccc(N(C)[C-]=O)c1.C=C[Si](C)(C)c1cccc(N(C)[C-]=O)c1.O=[C-]C[C-]=O.[Rf].[Rf]. The second-order valence-corrected chi connectivity index (χ2v) is 17.6. The van der Waals surface area contributed by atoms with E-state index in [0.29, 0.717) is 0 Å². The maximum absolute atomic E-state index is 10.5. The van der Waals surface area contributed by atoms with Crippen molar-refractivity contribution in [1.29, 1.82) is 0 Å². The summed E-state index contributed by atoms with van der Waals surface area (Å²) in [5, 5.41) is 2.55. The van der Waals surface area contributed by atoms with E-state index in [1.165, 1.54) is 32.7 Å². The van der Waals surface area contributed by atoms with E-state index < -0.39 is 16.1 Å². The van der Waals surface area contributed by atoms with Crippen LogP contribution in [-0.4, -0.2) is 55.6 Å². The molecule has 6 nitrogen and oxygen atoms in total. The first-order valence-electron chi connectivity index (χ1n) is 10.8. The summed E-state index contributed by atoms with van der Waals surface area (Å²) in [6.45, 7) is 16.7. The zero-order chi connectivity index (χ0) is 27.1. The minimum atomic E-state index is -1.54. The molecule has 2 rings (SSSR count). The molecule has 0 unspecified atom stereocenters. The van der Waals surface area contributed by atoms with Crippen molar-refractivity contribution in [3.05, 3.63) is 73.1 Å². The number of nitrogens with zero attached hydrogens (tertiary/aromatic N) is 2. The van der Waals surface area contributed by atoms with Crippen molar-refractivity contribution >= 4 is 63.3 Å². The monoisotopic (exact) mass is 1040 g/mol. The second-order valence-electron chi connectivity index (χ2n) is 8.72. The van der Waals surface area contributed by atoms with Crippen LogP contribution in [0.4, 0.5) is 11.4 Å². The Bertz CT molecular complexity index is 938. The molecule has 2 aromatic rings. The summed E-state index contributed by atoms with van der Waals surface area (Å²) in [7, 11) is 0.334. The molecule has 0 heterocycles. The van der Waals surface area contributed by atoms with Gasteiger partial charge in [0.2, 0.25) is 0 Å². The molecule has 0 atom stereocenters. The van der Waals surface area contributed by atoms with E-state index in [4.69, 9.17) is 9.59 Å². The molecular weight excluding hydrogens is 1010 g/mol. The Kier molecular flexibility index (Phi) is 16.8. The van der Waals surface area contributed by atoms with E-state index in [2.05, 4.69) is 51.5 Å². The van der Waals surface area contributed by atoms with Gasteiger partial charge in [0.1, 0.15) is 16.1 Å². The predicted molar refractivity (Wildman–Crippen MR) is 152 cm³/mol. The van der Waals surface area contributed by atoms with Crippen LogP contribution in [0.1, 0.15) is 6.42 Å². The van der Waals surface area contributed by atoms with Crippen LogP contribution in [0.3, 0.4) is 0 Å². The molecule has 37 heavy (non-hydrogen) atoms. The van der Waals surface area contributed by atoms with E-state index in [9.17, 15) is 9.59 Å². The van der Waals surface area contributed by atoms with Crippen LogP contribution >= 0.6 is 0 Å². The molecule has 0 aliphatic rings. The zero-order valence-electron chi connectivity index (χ0n) is 22.8. The molecule has 0 aliphatic carbocycles. The van der Waals surface area contributed by atoms with Crippen molar-refractivity contribution in [2.24, 2.45) is 0 Å². The number of hydrogen-bond donors (Lipinski definition) is 0. The fourth-order valence-electron chi connectivity index (χ4n) is 2.60. The molecule has 0 aromatic heterocycles. The first-order chi connectivity index (χ1) is 16.4. The van der Waals surface area contributed by atoms with Gasteiger partial charge in [-0.05, 0) is 14.1 Å². The Morgan fingerprint density at radius 3 is 1.24 bits per heavy atom. The molecule has 0 saturated heterocycles. The summed E-state index contributed by atoms with van der Waals surface area (Å²) >= 11 is 0. The number of benzene rings is 2. The molecule has 2 aromatic carbocycles. The molecule has 10 heteroatoms. The molecule has 2 amide bonds. The molecular formula is C27H34N2O4Rf2Si2-4. The third kappa shape index (κ3) is 11.5. The fourth-order valence-corrected chi connectivity index (χ4v) is 5.16. The van der Waals surface area contributed by atoms with Gasteiger partial charge >= 0.3 is 0 Å². The zero-order valence-corrected chi connectivity index (χ0v) is 37.6. The van der Waals surface area contributed by atoms with Crippen LogP contribution in [0.25, 0.3) is 0 Å². The van der Waals surface area contributed by atoms with Crippen LogP contribution in [0, 0.1) is 0 Å². The minimum absolute atomic E-state index is 0. The van der Waals surface area contributed by atoms with Gasteiger partial charge in [-0.2, -0.15) is 0 Å². The third-order valence-corrected chi connectivity index (χ3v) is 11.0. The first kappa shape index (κ1) is 36.2. The maximum Gasteiger partial charge on any atom is 0.101 e. The van der Waals surface area contributed by atoms with Gasteiger partial charge in [0.25, 0.3) is 0 Å². The average molecular weight is 1040 g/mol. The van der Waals surface area contributed by atoms with Crippen molar-refractivity contribution in [3.63, 3.8) is 0 Å². The summed E-state index contributed by atoms with van der Waals surface area (Å²) in [6.07, 6.45) is 6.17. The van der Waals surface area contributed by atoms with Crippen LogP contribution < -0.4 is 20.2 Å². The predicted octanol–water partition coefficient (Wildman–Crippen LogP) is 3.26. The van der Waals surface area contributed by atoms with Crippen molar-refractivity contribution in [3.8, 4) is 0 Å². The van der Waals surface area contributed by atoms with Gasteiger partial charge in [0.05, 0.1) is 12.8 Å². The maximum atomic E-state index is 10.5. The Balaban J connectivity index is -0.000000506. The average Bonchev–Trinajstić information content (AvgIpc) is 2.89. The molecule has 0 spiro atoms. The largest absolute Gasteiger partial charge is 0.544 e. The Hall–Kier alpha value is -5.37. The second kappa shape index (κ2) is 17.1. The van der Waals surface area contributed by atoms with E-state index in [1.807, 2.05) is 60.6 Å². The van der Waals surface area contributed by atoms with Crippen LogP contribution in [0.5, 0.6) is 0 Å². The van der Waals surface area contributed by atoms with E-state index in [1.54, 1.807) is 14.1 Å². The Morgan fingerprint density at radius 2 is 1.03 bits per heavy atom. The van der Waals surface area contributed by atoms with Crippen molar-refractivity contribution in [1.82, 2.24) is 0 Å².